The van der Waals surface area contributed by atoms with Crippen molar-refractivity contribution < 1.29 is 113 Å². The van der Waals surface area contributed by atoms with E-state index >= 15 is 0 Å². The van der Waals surface area contributed by atoms with Gasteiger partial charge in [-0.15, -0.1) is 0 Å². The van der Waals surface area contributed by atoms with Crippen molar-refractivity contribution in [3.63, 3.8) is 0 Å². The summed E-state index contributed by atoms with van der Waals surface area (Å²) in [5, 5.41) is 52.5. The Labute approximate surface area is 386 Å². The fourth-order valence-electron chi connectivity index (χ4n) is 5.84. The summed E-state index contributed by atoms with van der Waals surface area (Å²) in [6.45, 7) is 0.899. The average Bonchev–Trinajstić information content (AvgIpc) is 3.15. The summed E-state index contributed by atoms with van der Waals surface area (Å²) in [6, 6.07) is 6.60. The maximum Gasteiger partial charge on any atom is 3.00 e. The summed E-state index contributed by atoms with van der Waals surface area (Å²) in [5.74, 6) is -7.20. The van der Waals surface area contributed by atoms with Crippen LogP contribution < -0.4 is 31.3 Å². The largest absolute Gasteiger partial charge is 3.00 e. The number of carboxylic acids is 4. The van der Waals surface area contributed by atoms with E-state index in [2.05, 4.69) is 10.6 Å². The summed E-state index contributed by atoms with van der Waals surface area (Å²) in [4.78, 5) is 63.6. The van der Waals surface area contributed by atoms with E-state index in [0.29, 0.717) is 37.2 Å². The molecule has 0 radical (unpaired) electrons. The van der Waals surface area contributed by atoms with E-state index in [0.717, 1.165) is 5.56 Å². The smallest absolute Gasteiger partial charge is 0.549 e. The topological polar surface area (TPSA) is 261 Å². The Morgan fingerprint density at radius 2 is 1.10 bits per heavy atom. The number of hydrogen-bond acceptors (Lipinski definition) is 17. The van der Waals surface area contributed by atoms with Crippen LogP contribution in [0.4, 0.5) is 18.9 Å². The number of alkyl halides is 3. The molecule has 1 saturated heterocycles. The Bertz CT molecular complexity index is 1490. The first-order chi connectivity index (χ1) is 28.5. The molecule has 25 heteroatoms. The molecule has 2 rings (SSSR count). The molecule has 1 aliphatic rings. The van der Waals surface area contributed by atoms with Gasteiger partial charge in [-0.3, -0.25) is 29.2 Å². The summed E-state index contributed by atoms with van der Waals surface area (Å²) in [6.07, 6.45) is -4.64. The fraction of sp³-hybridized carbons (Fsp3) is 0.667. The number of ether oxygens (including phenoxy) is 4. The zero-order valence-corrected chi connectivity index (χ0v) is 35.9. The number of thiocarbonyl (C=S) groups is 1. The van der Waals surface area contributed by atoms with Crippen LogP contribution in [0.5, 0.6) is 0 Å². The molecule has 0 saturated carbocycles. The van der Waals surface area contributed by atoms with Crippen LogP contribution in [0.15, 0.2) is 24.3 Å². The second-order valence-corrected chi connectivity index (χ2v) is 13.8. The fourth-order valence-corrected chi connectivity index (χ4v) is 6.06. The third-order valence-corrected chi connectivity index (χ3v) is 8.92. The first-order valence-electron chi connectivity index (χ1n) is 19.0. The molecule has 1 aliphatic heterocycles. The predicted molar refractivity (Wildman–Crippen MR) is 204 cm³/mol. The third-order valence-electron chi connectivity index (χ3n) is 8.67. The molecule has 0 bridgehead atoms. The standard InChI is InChI=1S/C36H56F3N7O13S.Lu/c37-36(38,39)34(55)40-5-13-56-15-17-58-19-20-59-18-16-57-14-6-41-35(60)42-28-3-1-27(2-4-28)21-29-22-45(25-32(51)52)10-9-43(23-30(47)48)7-8-44(24-31(49)50)11-12-46(29)26-33(53)54;/h1-4,29H,5-26H2,(H,40,55)(H,47,48)(H,49,50)(H,51,52)(H,53,54)(H2,41,42,60);/q;+3/p-3. The molecule has 1 amide bonds. The van der Waals surface area contributed by atoms with Gasteiger partial charge in [-0.2, -0.15) is 13.2 Å². The number of carbonyl (C=O) groups excluding carboxylic acids is 4. The second kappa shape index (κ2) is 31.7. The minimum Gasteiger partial charge on any atom is -0.549 e. The molecule has 0 aliphatic carbocycles. The van der Waals surface area contributed by atoms with Crippen LogP contribution in [0.25, 0.3) is 0 Å². The van der Waals surface area contributed by atoms with Gasteiger partial charge in [0.25, 0.3) is 0 Å². The SMILES string of the molecule is O=C([O-])CN1CCN(CC(=O)[O-])CCN(CC(=O)O)C(Cc2ccc(NC(=S)NCCOCCOCCOCCOCCNC(=O)C(F)(F)F)cc2)CN(CC(=O)[O-])CC1.[Lu+3]. The molecule has 20 nitrogen and oxygen atoms in total. The van der Waals surface area contributed by atoms with Gasteiger partial charge in [-0.05, 0) is 36.3 Å². The average molecular weight is 1060 g/mol. The van der Waals surface area contributed by atoms with Gasteiger partial charge in [0.1, 0.15) is 0 Å². The van der Waals surface area contributed by atoms with E-state index in [1.807, 2.05) is 12.1 Å². The Hall–Kier alpha value is -3.04. The number of benzene rings is 1. The second-order valence-electron chi connectivity index (χ2n) is 13.4. The molecule has 1 unspecified atom stereocenters. The number of anilines is 1. The van der Waals surface area contributed by atoms with Crippen molar-refractivity contribution in [2.45, 2.75) is 18.6 Å². The number of aliphatic carboxylic acids is 4. The summed E-state index contributed by atoms with van der Waals surface area (Å²) < 4.78 is 57.5. The molecular formula is C36H53F3LuN7O13S. The van der Waals surface area contributed by atoms with Crippen LogP contribution in [0.1, 0.15) is 5.56 Å². The van der Waals surface area contributed by atoms with Crippen LogP contribution in [0.2, 0.25) is 0 Å². The number of carboxylic acid groups (broad SMARTS) is 4. The van der Waals surface area contributed by atoms with Crippen molar-refractivity contribution in [1.82, 2.24) is 30.2 Å². The number of amides is 1. The number of nitrogens with zero attached hydrogens (tertiary/aromatic N) is 4. The maximum atomic E-state index is 12.1. The summed E-state index contributed by atoms with van der Waals surface area (Å²) in [5.41, 5.74) is 1.44. The van der Waals surface area contributed by atoms with E-state index in [-0.39, 0.29) is 129 Å². The zero-order chi connectivity index (χ0) is 44.3. The van der Waals surface area contributed by atoms with E-state index in [1.165, 1.54) is 9.80 Å². The van der Waals surface area contributed by atoms with Crippen LogP contribution in [0, 0.1) is 36.9 Å². The summed E-state index contributed by atoms with van der Waals surface area (Å²) in [7, 11) is 0. The normalized spacial score (nSPS) is 16.3. The van der Waals surface area contributed by atoms with Crippen LogP contribution in [-0.4, -0.2) is 210 Å². The first kappa shape index (κ1) is 56.0. The number of nitrogens with one attached hydrogen (secondary N) is 3. The van der Waals surface area contributed by atoms with Gasteiger partial charge in [0.15, 0.2) is 5.11 Å². The zero-order valence-electron chi connectivity index (χ0n) is 33.4. The Kier molecular flexibility index (Phi) is 29.1. The van der Waals surface area contributed by atoms with Gasteiger partial charge in [0.05, 0.1) is 77.3 Å². The molecular weight excluding hydrogens is 1000 g/mol. The number of halogens is 3. The molecule has 1 heterocycles. The molecule has 4 N–H and O–H groups in total. The molecule has 0 spiro atoms. The minimum atomic E-state index is -4.93. The first-order valence-corrected chi connectivity index (χ1v) is 19.4. The predicted octanol–water partition coefficient (Wildman–Crippen LogP) is -4.82. The Morgan fingerprint density at radius 1 is 0.672 bits per heavy atom. The molecule has 61 heavy (non-hydrogen) atoms. The van der Waals surface area contributed by atoms with Crippen molar-refractivity contribution in [2.24, 2.45) is 0 Å². The van der Waals surface area contributed by atoms with Crippen LogP contribution in [-0.2, 0) is 49.3 Å². The van der Waals surface area contributed by atoms with E-state index in [1.54, 1.807) is 27.2 Å². The quantitative estimate of drug-likeness (QED) is 0.0501. The van der Waals surface area contributed by atoms with Crippen LogP contribution in [0.3, 0.4) is 0 Å². The summed E-state index contributed by atoms with van der Waals surface area (Å²) >= 11 is 5.38. The minimum absolute atomic E-state index is 0. The monoisotopic (exact) mass is 1060 g/mol. The van der Waals surface area contributed by atoms with Crippen molar-refractivity contribution in [2.75, 3.05) is 143 Å². The van der Waals surface area contributed by atoms with Gasteiger partial charge in [-0.1, -0.05) is 12.1 Å². The van der Waals surface area contributed by atoms with Crippen LogP contribution >= 0.6 is 12.2 Å². The Balaban J connectivity index is 0.0000186. The molecule has 1 aromatic rings. The molecule has 1 fully saturated rings. The van der Waals surface area contributed by atoms with E-state index in [4.69, 9.17) is 31.2 Å². The van der Waals surface area contributed by atoms with E-state index in [9.17, 15) is 57.6 Å². The van der Waals surface area contributed by atoms with Gasteiger partial charge in [-0.25, -0.2) is 0 Å². The number of carbonyl (C=O) groups is 5. The molecule has 0 aromatic heterocycles. The maximum absolute atomic E-state index is 12.1. The number of hydrogen-bond donors (Lipinski definition) is 4. The molecule has 1 aromatic carbocycles. The molecule has 1 atom stereocenters. The Morgan fingerprint density at radius 3 is 1.56 bits per heavy atom. The van der Waals surface area contributed by atoms with Crippen molar-refractivity contribution in [3.8, 4) is 0 Å². The van der Waals surface area contributed by atoms with Crippen molar-refractivity contribution >= 4 is 52.8 Å². The molecule has 352 valence electrons. The van der Waals surface area contributed by atoms with E-state index < -0.39 is 68.2 Å². The van der Waals surface area contributed by atoms with Gasteiger partial charge in [0.2, 0.25) is 0 Å². The van der Waals surface area contributed by atoms with Gasteiger partial charge >= 0.3 is 54.9 Å². The number of rotatable bonds is 26. The third kappa shape index (κ3) is 27.6. The van der Waals surface area contributed by atoms with Crippen molar-refractivity contribution in [1.29, 1.82) is 0 Å². The van der Waals surface area contributed by atoms with Gasteiger partial charge < -0.3 is 69.7 Å². The van der Waals surface area contributed by atoms with Gasteiger partial charge in [0, 0.05) is 90.3 Å². The van der Waals surface area contributed by atoms with Crippen molar-refractivity contribution in [3.05, 3.63) is 29.8 Å².